The fourth-order valence-electron chi connectivity index (χ4n) is 2.38. The van der Waals surface area contributed by atoms with E-state index in [4.69, 9.17) is 4.74 Å². The third kappa shape index (κ3) is 2.04. The Hall–Kier alpha value is -2.77. The van der Waals surface area contributed by atoms with Gasteiger partial charge in [-0.2, -0.15) is 0 Å². The summed E-state index contributed by atoms with van der Waals surface area (Å²) in [4.78, 5) is 35.4. The van der Waals surface area contributed by atoms with Crippen molar-refractivity contribution in [3.05, 3.63) is 28.6 Å². The highest BCUT2D eigenvalue weighted by atomic mass is 16.5. The van der Waals surface area contributed by atoms with Crippen molar-refractivity contribution in [2.75, 3.05) is 7.11 Å². The average molecular weight is 290 g/mol. The van der Waals surface area contributed by atoms with E-state index in [0.717, 1.165) is 0 Å². The summed E-state index contributed by atoms with van der Waals surface area (Å²) >= 11 is 0. The van der Waals surface area contributed by atoms with E-state index in [2.05, 4.69) is 15.7 Å². The van der Waals surface area contributed by atoms with E-state index in [1.54, 1.807) is 25.1 Å². The van der Waals surface area contributed by atoms with Crippen LogP contribution in [0.15, 0.2) is 23.0 Å². The number of amides is 3. The predicted octanol–water partition coefficient (Wildman–Crippen LogP) is -0.0637. The maximum atomic E-state index is 12.3. The SMILES string of the molecule is COc1ccc2[nH]n(C[C@@]3(C)NC(=O)NC3=O)c(=O)c2c1. The molecule has 2 heterocycles. The normalized spacial score (nSPS) is 21.4. The third-order valence-electron chi connectivity index (χ3n) is 3.55. The summed E-state index contributed by atoms with van der Waals surface area (Å²) in [6.07, 6.45) is 0. The van der Waals surface area contributed by atoms with Gasteiger partial charge in [-0.15, -0.1) is 0 Å². The first-order chi connectivity index (χ1) is 9.93. The van der Waals surface area contributed by atoms with E-state index in [-0.39, 0.29) is 12.1 Å². The van der Waals surface area contributed by atoms with E-state index in [0.29, 0.717) is 16.7 Å². The van der Waals surface area contributed by atoms with Crippen molar-refractivity contribution >= 4 is 22.8 Å². The maximum absolute atomic E-state index is 12.3. The highest BCUT2D eigenvalue weighted by Crippen LogP contribution is 2.18. The summed E-state index contributed by atoms with van der Waals surface area (Å²) in [6, 6.07) is 4.52. The molecule has 0 spiro atoms. The molecule has 1 aliphatic rings. The van der Waals surface area contributed by atoms with Gasteiger partial charge >= 0.3 is 6.03 Å². The Kier molecular flexibility index (Phi) is 2.75. The molecule has 3 N–H and O–H groups in total. The molecule has 8 heteroatoms. The number of fused-ring (bicyclic) bond motifs is 1. The number of carbonyl (C=O) groups excluding carboxylic acids is 2. The largest absolute Gasteiger partial charge is 0.497 e. The molecule has 3 amide bonds. The van der Waals surface area contributed by atoms with Gasteiger partial charge in [0.25, 0.3) is 11.5 Å². The molecule has 1 saturated heterocycles. The number of aromatic nitrogens is 2. The average Bonchev–Trinajstić information content (AvgIpc) is 2.87. The third-order valence-corrected chi connectivity index (χ3v) is 3.55. The van der Waals surface area contributed by atoms with Crippen LogP contribution in [0, 0.1) is 0 Å². The minimum Gasteiger partial charge on any atom is -0.497 e. The lowest BCUT2D eigenvalue weighted by Gasteiger charge is -2.20. The van der Waals surface area contributed by atoms with Gasteiger partial charge in [0.2, 0.25) is 0 Å². The van der Waals surface area contributed by atoms with Gasteiger partial charge < -0.3 is 10.1 Å². The highest BCUT2D eigenvalue weighted by Gasteiger charge is 2.42. The van der Waals surface area contributed by atoms with Crippen molar-refractivity contribution < 1.29 is 14.3 Å². The molecule has 0 radical (unpaired) electrons. The molecule has 1 fully saturated rings. The zero-order valence-electron chi connectivity index (χ0n) is 11.5. The number of nitrogens with one attached hydrogen (secondary N) is 3. The zero-order chi connectivity index (χ0) is 15.2. The quantitative estimate of drug-likeness (QED) is 0.688. The Morgan fingerprint density at radius 3 is 2.67 bits per heavy atom. The number of aromatic amines is 1. The van der Waals surface area contributed by atoms with Crippen LogP contribution in [0.3, 0.4) is 0 Å². The van der Waals surface area contributed by atoms with Crippen molar-refractivity contribution in [1.82, 2.24) is 20.4 Å². The Bertz CT molecular complexity index is 806. The molecule has 0 saturated carbocycles. The molecule has 1 atom stereocenters. The monoisotopic (exact) mass is 290 g/mol. The summed E-state index contributed by atoms with van der Waals surface area (Å²) in [5.74, 6) is 0.111. The summed E-state index contributed by atoms with van der Waals surface area (Å²) in [6.45, 7) is 1.58. The molecule has 0 bridgehead atoms. The molecular weight excluding hydrogens is 276 g/mol. The molecule has 1 aromatic carbocycles. The second kappa shape index (κ2) is 4.37. The molecule has 0 unspecified atom stereocenters. The van der Waals surface area contributed by atoms with Crippen LogP contribution >= 0.6 is 0 Å². The lowest BCUT2D eigenvalue weighted by molar-refractivity contribution is -0.123. The van der Waals surface area contributed by atoms with Gasteiger partial charge in [-0.1, -0.05) is 0 Å². The number of hydrogen-bond acceptors (Lipinski definition) is 4. The Morgan fingerprint density at radius 1 is 1.29 bits per heavy atom. The number of H-pyrrole nitrogens is 1. The number of ether oxygens (including phenoxy) is 1. The molecule has 3 rings (SSSR count). The fraction of sp³-hybridized carbons (Fsp3) is 0.308. The predicted molar refractivity (Wildman–Crippen MR) is 74.2 cm³/mol. The fourth-order valence-corrected chi connectivity index (χ4v) is 2.38. The van der Waals surface area contributed by atoms with Crippen LogP contribution in [-0.2, 0) is 11.3 Å². The van der Waals surface area contributed by atoms with E-state index in [9.17, 15) is 14.4 Å². The lowest BCUT2D eigenvalue weighted by Crippen LogP contribution is -2.49. The van der Waals surface area contributed by atoms with Crippen molar-refractivity contribution in [3.8, 4) is 5.75 Å². The molecule has 21 heavy (non-hydrogen) atoms. The standard InChI is InChI=1S/C13H14N4O4/c1-13(11(19)14-12(20)15-13)6-17-10(18)8-5-7(21-2)3-4-9(8)16-17/h3-5,16H,6H2,1-2H3,(H2,14,15,19,20)/t13-/m1/s1. The van der Waals surface area contributed by atoms with Gasteiger partial charge in [-0.25, -0.2) is 9.48 Å². The van der Waals surface area contributed by atoms with Crippen LogP contribution in [0.5, 0.6) is 5.75 Å². The number of urea groups is 1. The Labute approximate surface area is 119 Å². The Morgan fingerprint density at radius 2 is 2.05 bits per heavy atom. The summed E-state index contributed by atoms with van der Waals surface area (Å²) < 4.78 is 6.39. The highest BCUT2D eigenvalue weighted by molar-refractivity contribution is 6.06. The second-order valence-corrected chi connectivity index (χ2v) is 5.15. The van der Waals surface area contributed by atoms with Gasteiger partial charge in [0.15, 0.2) is 0 Å². The minimum absolute atomic E-state index is 0.0143. The van der Waals surface area contributed by atoms with Crippen LogP contribution in [0.2, 0.25) is 0 Å². The van der Waals surface area contributed by atoms with E-state index < -0.39 is 17.5 Å². The molecule has 1 aromatic heterocycles. The number of benzene rings is 1. The van der Waals surface area contributed by atoms with E-state index in [1.165, 1.54) is 11.8 Å². The molecule has 8 nitrogen and oxygen atoms in total. The smallest absolute Gasteiger partial charge is 0.322 e. The first-order valence-corrected chi connectivity index (χ1v) is 6.33. The molecular formula is C13H14N4O4. The van der Waals surface area contributed by atoms with Crippen molar-refractivity contribution in [3.63, 3.8) is 0 Å². The van der Waals surface area contributed by atoms with Crippen molar-refractivity contribution in [2.24, 2.45) is 0 Å². The Balaban J connectivity index is 2.02. The summed E-state index contributed by atoms with van der Waals surface area (Å²) in [5, 5.41) is 8.06. The molecule has 0 aliphatic carbocycles. The minimum atomic E-state index is -1.16. The van der Waals surface area contributed by atoms with E-state index >= 15 is 0 Å². The van der Waals surface area contributed by atoms with Crippen LogP contribution in [0.1, 0.15) is 6.92 Å². The number of imide groups is 1. The van der Waals surface area contributed by atoms with Crippen LogP contribution < -0.4 is 20.9 Å². The lowest BCUT2D eigenvalue weighted by atomic mass is 10.0. The summed E-state index contributed by atoms with van der Waals surface area (Å²) in [5.41, 5.74) is -0.806. The first kappa shape index (κ1) is 13.2. The maximum Gasteiger partial charge on any atom is 0.322 e. The van der Waals surface area contributed by atoms with Gasteiger partial charge in [-0.3, -0.25) is 20.0 Å². The van der Waals surface area contributed by atoms with Crippen molar-refractivity contribution in [1.29, 1.82) is 0 Å². The van der Waals surface area contributed by atoms with Crippen LogP contribution in [0.25, 0.3) is 10.9 Å². The molecule has 110 valence electrons. The topological polar surface area (TPSA) is 105 Å². The van der Waals surface area contributed by atoms with Gasteiger partial charge in [0, 0.05) is 0 Å². The number of carbonyl (C=O) groups is 2. The van der Waals surface area contributed by atoms with Gasteiger partial charge in [0.05, 0.1) is 24.6 Å². The number of rotatable bonds is 3. The number of nitrogens with zero attached hydrogens (tertiary/aromatic N) is 1. The summed E-state index contributed by atoms with van der Waals surface area (Å²) in [7, 11) is 1.52. The van der Waals surface area contributed by atoms with Gasteiger partial charge in [0.1, 0.15) is 11.3 Å². The van der Waals surface area contributed by atoms with Crippen LogP contribution in [-0.4, -0.2) is 34.4 Å². The molecule has 2 aromatic rings. The number of hydrogen-bond donors (Lipinski definition) is 3. The first-order valence-electron chi connectivity index (χ1n) is 6.33. The van der Waals surface area contributed by atoms with Gasteiger partial charge in [-0.05, 0) is 25.1 Å². The second-order valence-electron chi connectivity index (χ2n) is 5.15. The zero-order valence-corrected chi connectivity index (χ0v) is 11.5. The number of methoxy groups -OCH3 is 1. The van der Waals surface area contributed by atoms with Crippen LogP contribution in [0.4, 0.5) is 4.79 Å². The molecule has 1 aliphatic heterocycles. The van der Waals surface area contributed by atoms with E-state index in [1.807, 2.05) is 0 Å². The van der Waals surface area contributed by atoms with Crippen molar-refractivity contribution in [2.45, 2.75) is 19.0 Å².